The Bertz CT molecular complexity index is 755. The van der Waals surface area contributed by atoms with Gasteiger partial charge < -0.3 is 14.7 Å². The molecule has 2 heterocycles. The first-order valence-corrected chi connectivity index (χ1v) is 8.71. The SMILES string of the molecule is COc1ccc(/C=C2/SC(=O)N(CC(=O)N3CCCC3)C2=O)cc1O. The molecule has 0 atom stereocenters. The molecule has 1 aromatic carbocycles. The minimum atomic E-state index is -0.488. The van der Waals surface area contributed by atoms with Crippen LogP contribution in [0.4, 0.5) is 4.79 Å². The lowest BCUT2D eigenvalue weighted by molar-refractivity contribution is -0.135. The first kappa shape index (κ1) is 17.3. The van der Waals surface area contributed by atoms with Crippen molar-refractivity contribution in [3.05, 3.63) is 28.7 Å². The van der Waals surface area contributed by atoms with E-state index in [0.717, 1.165) is 29.5 Å². The number of phenolic OH excluding ortho intramolecular Hbond substituents is 1. The molecule has 0 aliphatic carbocycles. The molecule has 132 valence electrons. The number of hydrogen-bond acceptors (Lipinski definition) is 6. The summed E-state index contributed by atoms with van der Waals surface area (Å²) in [6.45, 7) is 1.13. The minimum Gasteiger partial charge on any atom is -0.504 e. The number of benzene rings is 1. The van der Waals surface area contributed by atoms with Crippen LogP contribution in [0.3, 0.4) is 0 Å². The molecule has 8 heteroatoms. The summed E-state index contributed by atoms with van der Waals surface area (Å²) < 4.78 is 4.97. The number of rotatable bonds is 4. The number of hydrogen-bond donors (Lipinski definition) is 1. The lowest BCUT2D eigenvalue weighted by Crippen LogP contribution is -2.40. The van der Waals surface area contributed by atoms with Crippen molar-refractivity contribution in [2.45, 2.75) is 12.8 Å². The van der Waals surface area contributed by atoms with Crippen molar-refractivity contribution < 1.29 is 24.2 Å². The predicted molar refractivity (Wildman–Crippen MR) is 93.1 cm³/mol. The molecule has 7 nitrogen and oxygen atoms in total. The van der Waals surface area contributed by atoms with Gasteiger partial charge in [-0.05, 0) is 48.4 Å². The molecule has 2 aliphatic rings. The highest BCUT2D eigenvalue weighted by atomic mass is 32.2. The fraction of sp³-hybridized carbons (Fsp3) is 0.353. The number of ether oxygens (including phenoxy) is 1. The van der Waals surface area contributed by atoms with E-state index in [9.17, 15) is 19.5 Å². The van der Waals surface area contributed by atoms with E-state index in [4.69, 9.17) is 4.74 Å². The largest absolute Gasteiger partial charge is 0.504 e. The maximum absolute atomic E-state index is 12.4. The van der Waals surface area contributed by atoms with Gasteiger partial charge in [-0.2, -0.15) is 0 Å². The van der Waals surface area contributed by atoms with E-state index in [1.165, 1.54) is 19.3 Å². The van der Waals surface area contributed by atoms with Crippen LogP contribution in [0.1, 0.15) is 18.4 Å². The van der Waals surface area contributed by atoms with Crippen LogP contribution >= 0.6 is 11.8 Å². The Morgan fingerprint density at radius 2 is 2.04 bits per heavy atom. The van der Waals surface area contributed by atoms with E-state index < -0.39 is 11.1 Å². The Kier molecular flexibility index (Phi) is 4.98. The standard InChI is InChI=1S/C17H18N2O5S/c1-24-13-5-4-11(8-12(13)20)9-14-16(22)19(17(23)25-14)10-15(21)18-6-2-3-7-18/h4-5,8-9,20H,2-3,6-7,10H2,1H3/b14-9+. The zero-order valence-corrected chi connectivity index (χ0v) is 14.5. The molecule has 3 rings (SSSR count). The highest BCUT2D eigenvalue weighted by Crippen LogP contribution is 2.34. The molecule has 1 N–H and O–H groups in total. The molecular formula is C17H18N2O5S. The van der Waals surface area contributed by atoms with E-state index in [1.54, 1.807) is 17.0 Å². The molecule has 2 aliphatic heterocycles. The topological polar surface area (TPSA) is 87.2 Å². The Balaban J connectivity index is 1.74. The van der Waals surface area contributed by atoms with E-state index in [1.807, 2.05) is 0 Å². The molecule has 0 radical (unpaired) electrons. The fourth-order valence-corrected chi connectivity index (χ4v) is 3.62. The molecule has 2 saturated heterocycles. The Labute approximate surface area is 149 Å². The van der Waals surface area contributed by atoms with Gasteiger partial charge in [0.25, 0.3) is 11.1 Å². The highest BCUT2D eigenvalue weighted by Gasteiger charge is 2.37. The van der Waals surface area contributed by atoms with Crippen molar-refractivity contribution in [1.82, 2.24) is 9.80 Å². The van der Waals surface area contributed by atoms with Gasteiger partial charge in [-0.3, -0.25) is 19.3 Å². The highest BCUT2D eigenvalue weighted by molar-refractivity contribution is 8.18. The molecule has 0 aromatic heterocycles. The zero-order chi connectivity index (χ0) is 18.0. The zero-order valence-electron chi connectivity index (χ0n) is 13.7. The van der Waals surface area contributed by atoms with Crippen LogP contribution in [0.2, 0.25) is 0 Å². The molecule has 3 amide bonds. The quantitative estimate of drug-likeness (QED) is 0.825. The molecule has 0 spiro atoms. The van der Waals surface area contributed by atoms with Crippen molar-refractivity contribution in [1.29, 1.82) is 0 Å². The summed E-state index contributed by atoms with van der Waals surface area (Å²) in [6.07, 6.45) is 3.42. The summed E-state index contributed by atoms with van der Waals surface area (Å²) in [7, 11) is 1.44. The number of imide groups is 1. The molecule has 1 aromatic rings. The van der Waals surface area contributed by atoms with Gasteiger partial charge in [0.05, 0.1) is 12.0 Å². The molecule has 0 bridgehead atoms. The van der Waals surface area contributed by atoms with Crippen molar-refractivity contribution in [2.24, 2.45) is 0 Å². The second-order valence-electron chi connectivity index (χ2n) is 5.79. The summed E-state index contributed by atoms with van der Waals surface area (Å²) in [4.78, 5) is 39.6. The van der Waals surface area contributed by atoms with Crippen LogP contribution in [0.5, 0.6) is 11.5 Å². The van der Waals surface area contributed by atoms with Gasteiger partial charge >= 0.3 is 0 Å². The number of likely N-dealkylation sites (tertiary alicyclic amines) is 1. The van der Waals surface area contributed by atoms with Crippen LogP contribution in [0, 0.1) is 0 Å². The molecule has 2 fully saturated rings. The van der Waals surface area contributed by atoms with E-state index in [2.05, 4.69) is 0 Å². The molecule has 0 saturated carbocycles. The lowest BCUT2D eigenvalue weighted by atomic mass is 10.2. The van der Waals surface area contributed by atoms with E-state index >= 15 is 0 Å². The number of phenols is 1. The third-order valence-corrected chi connectivity index (χ3v) is 5.03. The molecule has 0 unspecified atom stereocenters. The van der Waals surface area contributed by atoms with Crippen LogP contribution in [0.15, 0.2) is 23.1 Å². The van der Waals surface area contributed by atoms with Crippen molar-refractivity contribution in [3.63, 3.8) is 0 Å². The number of thioether (sulfide) groups is 1. The smallest absolute Gasteiger partial charge is 0.294 e. The number of amides is 3. The molecular weight excluding hydrogens is 344 g/mol. The second kappa shape index (κ2) is 7.18. The number of carbonyl (C=O) groups excluding carboxylic acids is 3. The summed E-state index contributed by atoms with van der Waals surface area (Å²) in [6, 6.07) is 4.69. The van der Waals surface area contributed by atoms with Crippen LogP contribution in [0.25, 0.3) is 6.08 Å². The van der Waals surface area contributed by atoms with Crippen molar-refractivity contribution in [3.8, 4) is 11.5 Å². The number of methoxy groups -OCH3 is 1. The van der Waals surface area contributed by atoms with Gasteiger partial charge in [-0.15, -0.1) is 0 Å². The first-order valence-electron chi connectivity index (χ1n) is 7.90. The third kappa shape index (κ3) is 3.63. The van der Waals surface area contributed by atoms with Gasteiger partial charge in [0.1, 0.15) is 6.54 Å². The van der Waals surface area contributed by atoms with Crippen LogP contribution in [-0.2, 0) is 9.59 Å². The van der Waals surface area contributed by atoms with E-state index in [-0.39, 0.29) is 23.1 Å². The summed E-state index contributed by atoms with van der Waals surface area (Å²) >= 11 is 0.792. The average molecular weight is 362 g/mol. The number of nitrogens with zero attached hydrogens (tertiary/aromatic N) is 2. The predicted octanol–water partition coefficient (Wildman–Crippen LogP) is 2.06. The first-order chi connectivity index (χ1) is 12.0. The number of aromatic hydroxyl groups is 1. The lowest BCUT2D eigenvalue weighted by Gasteiger charge is -2.18. The molecule has 25 heavy (non-hydrogen) atoms. The van der Waals surface area contributed by atoms with E-state index in [0.29, 0.717) is 24.4 Å². The van der Waals surface area contributed by atoms with Gasteiger partial charge in [-0.1, -0.05) is 6.07 Å². The maximum atomic E-state index is 12.4. The second-order valence-corrected chi connectivity index (χ2v) is 6.78. The Hall–Kier alpha value is -2.48. The minimum absolute atomic E-state index is 0.0558. The van der Waals surface area contributed by atoms with Gasteiger partial charge in [-0.25, -0.2) is 0 Å². The normalized spacial score (nSPS) is 19.2. The van der Waals surface area contributed by atoms with Gasteiger partial charge in [0, 0.05) is 13.1 Å². The van der Waals surface area contributed by atoms with Crippen molar-refractivity contribution >= 4 is 34.9 Å². The summed E-state index contributed by atoms with van der Waals surface area (Å²) in [5.41, 5.74) is 0.565. The third-order valence-electron chi connectivity index (χ3n) is 4.13. The maximum Gasteiger partial charge on any atom is 0.294 e. The monoisotopic (exact) mass is 362 g/mol. The van der Waals surface area contributed by atoms with Crippen LogP contribution in [-0.4, -0.2) is 58.7 Å². The summed E-state index contributed by atoms with van der Waals surface area (Å²) in [5, 5.41) is 9.34. The van der Waals surface area contributed by atoms with Crippen molar-refractivity contribution in [2.75, 3.05) is 26.7 Å². The van der Waals surface area contributed by atoms with Crippen LogP contribution < -0.4 is 4.74 Å². The average Bonchev–Trinajstić information content (AvgIpc) is 3.20. The summed E-state index contributed by atoms with van der Waals surface area (Å²) in [5.74, 6) is -0.429. The Morgan fingerprint density at radius 1 is 1.32 bits per heavy atom. The fourth-order valence-electron chi connectivity index (χ4n) is 2.79. The van der Waals surface area contributed by atoms with Gasteiger partial charge in [0.2, 0.25) is 5.91 Å². The Morgan fingerprint density at radius 3 is 2.68 bits per heavy atom. The number of carbonyl (C=O) groups is 3. The van der Waals surface area contributed by atoms with Gasteiger partial charge in [0.15, 0.2) is 11.5 Å².